The van der Waals surface area contributed by atoms with Gasteiger partial charge in [-0.15, -0.1) is 0 Å². The van der Waals surface area contributed by atoms with Gasteiger partial charge >= 0.3 is 11.9 Å². The van der Waals surface area contributed by atoms with Crippen molar-refractivity contribution in [2.75, 3.05) is 28.4 Å². The van der Waals surface area contributed by atoms with Gasteiger partial charge in [-0.05, 0) is 47.5 Å². The molecule has 2 unspecified atom stereocenters. The average molecular weight is 482 g/mol. The molecule has 0 saturated carbocycles. The second-order valence-corrected chi connectivity index (χ2v) is 7.24. The zero-order valence-electron chi connectivity index (χ0n) is 19.7. The van der Waals surface area contributed by atoms with E-state index in [1.54, 1.807) is 62.8 Å². The molecule has 1 N–H and O–H groups in total. The first-order valence-corrected chi connectivity index (χ1v) is 10.5. The van der Waals surface area contributed by atoms with Crippen LogP contribution in [-0.2, 0) is 19.1 Å². The highest BCUT2D eigenvalue weighted by Gasteiger charge is 2.36. The molecule has 2 aromatic rings. The topological polar surface area (TPSA) is 110 Å². The first-order chi connectivity index (χ1) is 16.9. The largest absolute Gasteiger partial charge is 0.493 e. The second-order valence-electron chi connectivity index (χ2n) is 7.24. The van der Waals surface area contributed by atoms with Crippen LogP contribution < -0.4 is 18.9 Å². The van der Waals surface area contributed by atoms with Crippen molar-refractivity contribution >= 4 is 24.1 Å². The summed E-state index contributed by atoms with van der Waals surface area (Å²) in [6.45, 7) is 0. The maximum Gasteiger partial charge on any atom is 0.349 e. The number of carboxylic acid groups (broad SMARTS) is 1. The molecule has 2 aromatic carbocycles. The van der Waals surface area contributed by atoms with Gasteiger partial charge in [0, 0.05) is 12.2 Å². The van der Waals surface area contributed by atoms with Crippen molar-refractivity contribution in [1.82, 2.24) is 0 Å². The zero-order valence-corrected chi connectivity index (χ0v) is 19.7. The molecule has 1 heterocycles. The monoisotopic (exact) mass is 482 g/mol. The van der Waals surface area contributed by atoms with Gasteiger partial charge in [0.2, 0.25) is 6.10 Å². The standard InChI is InChI=1S/C26H26O9/c1-30-19-10-6-16(13-21(19)32-3)5-9-18-15-23(34-18)25(26(28)29)35-24(27)12-8-17-7-11-20(31-2)22(14-17)33-4/h5-15,23,25H,1-4H3,(H,28,29). The molecule has 0 aromatic heterocycles. The Balaban J connectivity index is 1.61. The molecular weight excluding hydrogens is 456 g/mol. The number of hydrogen-bond acceptors (Lipinski definition) is 8. The van der Waals surface area contributed by atoms with E-state index in [-0.39, 0.29) is 0 Å². The molecule has 9 heteroatoms. The van der Waals surface area contributed by atoms with E-state index in [9.17, 15) is 14.7 Å². The third-order valence-corrected chi connectivity index (χ3v) is 5.05. The van der Waals surface area contributed by atoms with Gasteiger partial charge in [0.1, 0.15) is 5.76 Å². The Morgan fingerprint density at radius 1 is 0.829 bits per heavy atom. The summed E-state index contributed by atoms with van der Waals surface area (Å²) in [5.74, 6) is 0.537. The van der Waals surface area contributed by atoms with Crippen LogP contribution in [0.3, 0.4) is 0 Å². The van der Waals surface area contributed by atoms with Crippen LogP contribution in [0.25, 0.3) is 12.2 Å². The van der Waals surface area contributed by atoms with Gasteiger partial charge in [0.05, 0.1) is 28.4 Å². The summed E-state index contributed by atoms with van der Waals surface area (Å²) in [6, 6.07) is 10.5. The van der Waals surface area contributed by atoms with Gasteiger partial charge in [-0.2, -0.15) is 0 Å². The molecule has 0 radical (unpaired) electrons. The molecule has 9 nitrogen and oxygen atoms in total. The lowest BCUT2D eigenvalue weighted by atomic mass is 10.1. The van der Waals surface area contributed by atoms with Crippen LogP contribution in [-0.4, -0.2) is 57.7 Å². The number of carbonyl (C=O) groups is 2. The lowest BCUT2D eigenvalue weighted by Crippen LogP contribution is -2.42. The Morgan fingerprint density at radius 2 is 1.34 bits per heavy atom. The van der Waals surface area contributed by atoms with Crippen molar-refractivity contribution in [3.05, 3.63) is 71.5 Å². The van der Waals surface area contributed by atoms with E-state index in [0.29, 0.717) is 34.3 Å². The second kappa shape index (κ2) is 11.6. The summed E-state index contributed by atoms with van der Waals surface area (Å²) >= 11 is 0. The molecular formula is C26H26O9. The van der Waals surface area contributed by atoms with Gasteiger partial charge in [-0.3, -0.25) is 0 Å². The highest BCUT2D eigenvalue weighted by Crippen LogP contribution is 2.30. The number of methoxy groups -OCH3 is 4. The summed E-state index contributed by atoms with van der Waals surface area (Å²) in [5, 5.41) is 9.49. The van der Waals surface area contributed by atoms with Crippen LogP contribution in [0.2, 0.25) is 0 Å². The predicted octanol–water partition coefficient (Wildman–Crippen LogP) is 3.73. The Labute approximate surface area is 202 Å². The lowest BCUT2D eigenvalue weighted by molar-refractivity contribution is -0.168. The minimum Gasteiger partial charge on any atom is -0.493 e. The normalized spacial score (nSPS) is 15.5. The van der Waals surface area contributed by atoms with Crippen LogP contribution in [0.4, 0.5) is 0 Å². The van der Waals surface area contributed by atoms with Gasteiger partial charge in [-0.25, -0.2) is 9.59 Å². The first-order valence-electron chi connectivity index (χ1n) is 10.5. The molecule has 184 valence electrons. The quantitative estimate of drug-likeness (QED) is 0.378. The molecule has 0 bridgehead atoms. The van der Waals surface area contributed by atoms with Gasteiger partial charge in [0.15, 0.2) is 29.1 Å². The highest BCUT2D eigenvalue weighted by atomic mass is 16.6. The number of aliphatic carboxylic acids is 1. The highest BCUT2D eigenvalue weighted by molar-refractivity contribution is 5.89. The van der Waals surface area contributed by atoms with E-state index in [4.69, 9.17) is 28.4 Å². The predicted molar refractivity (Wildman–Crippen MR) is 128 cm³/mol. The van der Waals surface area contributed by atoms with E-state index in [1.165, 1.54) is 20.3 Å². The molecule has 35 heavy (non-hydrogen) atoms. The molecule has 1 aliphatic rings. The first kappa shape index (κ1) is 25.2. The number of carbonyl (C=O) groups excluding carboxylic acids is 1. The maximum atomic E-state index is 12.2. The summed E-state index contributed by atoms with van der Waals surface area (Å²) in [4.78, 5) is 23.8. The van der Waals surface area contributed by atoms with Gasteiger partial charge in [0.25, 0.3) is 0 Å². The van der Waals surface area contributed by atoms with Crippen LogP contribution >= 0.6 is 0 Å². The summed E-state index contributed by atoms with van der Waals surface area (Å²) in [5.41, 5.74) is 1.48. The maximum absolute atomic E-state index is 12.2. The Bertz CT molecular complexity index is 1160. The molecule has 0 spiro atoms. The number of benzene rings is 2. The molecule has 0 aliphatic carbocycles. The summed E-state index contributed by atoms with van der Waals surface area (Å²) in [7, 11) is 6.12. The molecule has 2 atom stereocenters. The minimum absolute atomic E-state index is 0.452. The van der Waals surface area contributed by atoms with E-state index in [1.807, 2.05) is 6.07 Å². The van der Waals surface area contributed by atoms with Crippen LogP contribution in [0.5, 0.6) is 23.0 Å². The Morgan fingerprint density at radius 3 is 1.83 bits per heavy atom. The molecule has 0 amide bonds. The van der Waals surface area contributed by atoms with Crippen LogP contribution in [0.1, 0.15) is 11.1 Å². The van der Waals surface area contributed by atoms with E-state index in [0.717, 1.165) is 11.6 Å². The third kappa shape index (κ3) is 6.35. The van der Waals surface area contributed by atoms with Crippen molar-refractivity contribution in [2.24, 2.45) is 0 Å². The molecule has 3 rings (SSSR count). The van der Waals surface area contributed by atoms with E-state index >= 15 is 0 Å². The average Bonchev–Trinajstić information content (AvgIpc) is 2.85. The summed E-state index contributed by atoms with van der Waals surface area (Å²) < 4.78 is 31.5. The van der Waals surface area contributed by atoms with Crippen LogP contribution in [0, 0.1) is 0 Å². The number of esters is 1. The number of rotatable bonds is 11. The number of allylic oxidation sites excluding steroid dienone is 1. The van der Waals surface area contributed by atoms with Gasteiger partial charge < -0.3 is 33.5 Å². The fourth-order valence-corrected chi connectivity index (χ4v) is 3.24. The smallest absolute Gasteiger partial charge is 0.349 e. The third-order valence-electron chi connectivity index (χ3n) is 5.05. The Hall–Kier alpha value is -4.40. The van der Waals surface area contributed by atoms with E-state index < -0.39 is 24.1 Å². The SMILES string of the molecule is COc1ccc(C=CC(=O)OC(C(=O)O)C2C=C(C=Cc3ccc(OC)c(OC)c3)O2)cc1OC. The number of hydrogen-bond donors (Lipinski definition) is 1. The van der Waals surface area contributed by atoms with Crippen LogP contribution in [0.15, 0.2) is 60.4 Å². The zero-order chi connectivity index (χ0) is 25.4. The van der Waals surface area contributed by atoms with Crippen molar-refractivity contribution in [1.29, 1.82) is 0 Å². The number of carboxylic acids is 1. The fourth-order valence-electron chi connectivity index (χ4n) is 3.24. The van der Waals surface area contributed by atoms with Crippen molar-refractivity contribution < 1.29 is 43.1 Å². The Kier molecular flexibility index (Phi) is 8.39. The lowest BCUT2D eigenvalue weighted by Gasteiger charge is -2.29. The fraction of sp³-hybridized carbons (Fsp3) is 0.231. The van der Waals surface area contributed by atoms with Crippen molar-refractivity contribution in [2.45, 2.75) is 12.2 Å². The van der Waals surface area contributed by atoms with E-state index in [2.05, 4.69) is 0 Å². The summed E-state index contributed by atoms with van der Waals surface area (Å²) in [6.07, 6.45) is 5.25. The molecule has 0 fully saturated rings. The molecule has 0 saturated heterocycles. The number of ether oxygens (including phenoxy) is 6. The van der Waals surface area contributed by atoms with Gasteiger partial charge in [-0.1, -0.05) is 18.2 Å². The minimum atomic E-state index is -1.49. The molecule has 1 aliphatic heterocycles. The van der Waals surface area contributed by atoms with Crippen molar-refractivity contribution in [3.63, 3.8) is 0 Å². The van der Waals surface area contributed by atoms with Crippen molar-refractivity contribution in [3.8, 4) is 23.0 Å².